The minimum absolute atomic E-state index is 0.175. The topological polar surface area (TPSA) is 15.3 Å². The summed E-state index contributed by atoms with van der Waals surface area (Å²) in [5, 5.41) is 3.17. The molecular formula is C16H27FN2. The molecule has 0 aliphatic rings. The molecule has 0 unspecified atom stereocenters. The predicted octanol–water partition coefficient (Wildman–Crippen LogP) is 4.00. The number of halogens is 1. The highest BCUT2D eigenvalue weighted by molar-refractivity contribution is 5.44. The molecular weight excluding hydrogens is 239 g/mol. The summed E-state index contributed by atoms with van der Waals surface area (Å²) < 4.78 is 13.4. The second-order valence-electron chi connectivity index (χ2n) is 4.98. The summed E-state index contributed by atoms with van der Waals surface area (Å²) in [7, 11) is 0. The summed E-state index contributed by atoms with van der Waals surface area (Å²) in [5.74, 6) is 0.596. The molecule has 1 aromatic rings. The number of para-hydroxylation sites is 1. The summed E-state index contributed by atoms with van der Waals surface area (Å²) in [5.41, 5.74) is 0.598. The molecule has 108 valence electrons. The van der Waals surface area contributed by atoms with Crippen LogP contribution in [0.15, 0.2) is 24.3 Å². The van der Waals surface area contributed by atoms with E-state index in [1.807, 2.05) is 6.07 Å². The number of nitrogens with one attached hydrogen (secondary N) is 1. The fourth-order valence-corrected chi connectivity index (χ4v) is 2.24. The molecule has 0 saturated carbocycles. The summed E-state index contributed by atoms with van der Waals surface area (Å²) in [6.45, 7) is 10.6. The molecule has 0 aliphatic heterocycles. The van der Waals surface area contributed by atoms with E-state index in [1.165, 1.54) is 18.9 Å². The van der Waals surface area contributed by atoms with Gasteiger partial charge in [-0.3, -0.25) is 0 Å². The van der Waals surface area contributed by atoms with Gasteiger partial charge in [0.25, 0.3) is 0 Å². The molecule has 0 atom stereocenters. The molecule has 1 rings (SSSR count). The van der Waals surface area contributed by atoms with Gasteiger partial charge in [-0.25, -0.2) is 4.39 Å². The Morgan fingerprint density at radius 1 is 1.16 bits per heavy atom. The Balaban J connectivity index is 2.35. The molecule has 19 heavy (non-hydrogen) atoms. The minimum atomic E-state index is -0.175. The first-order valence-corrected chi connectivity index (χ1v) is 7.41. The van der Waals surface area contributed by atoms with Crippen molar-refractivity contribution in [1.82, 2.24) is 4.90 Å². The number of hydrogen-bond donors (Lipinski definition) is 1. The lowest BCUT2D eigenvalue weighted by molar-refractivity contribution is 0.241. The van der Waals surface area contributed by atoms with E-state index in [2.05, 4.69) is 31.0 Å². The van der Waals surface area contributed by atoms with E-state index in [1.54, 1.807) is 12.1 Å². The van der Waals surface area contributed by atoms with Gasteiger partial charge in [-0.2, -0.15) is 0 Å². The number of hydrogen-bond acceptors (Lipinski definition) is 2. The zero-order valence-electron chi connectivity index (χ0n) is 12.5. The Bertz CT molecular complexity index is 350. The largest absolute Gasteiger partial charge is 0.381 e. The Morgan fingerprint density at radius 2 is 1.84 bits per heavy atom. The molecule has 3 heteroatoms. The molecule has 0 heterocycles. The first-order valence-electron chi connectivity index (χ1n) is 7.41. The van der Waals surface area contributed by atoms with Crippen molar-refractivity contribution in [3.63, 3.8) is 0 Å². The highest BCUT2D eigenvalue weighted by Gasteiger charge is 2.09. The smallest absolute Gasteiger partial charge is 0.146 e. The van der Waals surface area contributed by atoms with E-state index in [-0.39, 0.29) is 5.82 Å². The van der Waals surface area contributed by atoms with Crippen molar-refractivity contribution in [2.24, 2.45) is 5.92 Å². The van der Waals surface area contributed by atoms with Gasteiger partial charge in [-0.05, 0) is 24.6 Å². The maximum Gasteiger partial charge on any atom is 0.146 e. The molecule has 0 aromatic heterocycles. The summed E-state index contributed by atoms with van der Waals surface area (Å²) in [4.78, 5) is 2.44. The van der Waals surface area contributed by atoms with Gasteiger partial charge >= 0.3 is 0 Å². The number of rotatable bonds is 9. The molecule has 1 N–H and O–H groups in total. The summed E-state index contributed by atoms with van der Waals surface area (Å²) >= 11 is 0. The van der Waals surface area contributed by atoms with Crippen molar-refractivity contribution >= 4 is 5.69 Å². The number of anilines is 1. The van der Waals surface area contributed by atoms with Gasteiger partial charge in [-0.15, -0.1) is 0 Å². The minimum Gasteiger partial charge on any atom is -0.381 e. The van der Waals surface area contributed by atoms with Gasteiger partial charge in [-0.1, -0.05) is 45.7 Å². The average molecular weight is 266 g/mol. The number of likely N-dealkylation sites (N-methyl/N-ethyl adjacent to an activating group) is 1. The van der Waals surface area contributed by atoms with Gasteiger partial charge < -0.3 is 10.2 Å². The maximum atomic E-state index is 13.4. The molecule has 0 saturated heterocycles. The van der Waals surface area contributed by atoms with Crippen LogP contribution in [-0.4, -0.2) is 31.1 Å². The van der Waals surface area contributed by atoms with Gasteiger partial charge in [0.2, 0.25) is 0 Å². The lowest BCUT2D eigenvalue weighted by atomic mass is 10.0. The Labute approximate surface area is 117 Å². The maximum absolute atomic E-state index is 13.4. The Morgan fingerprint density at radius 3 is 2.42 bits per heavy atom. The molecule has 1 aromatic carbocycles. The van der Waals surface area contributed by atoms with Crippen molar-refractivity contribution < 1.29 is 4.39 Å². The van der Waals surface area contributed by atoms with Gasteiger partial charge in [0.05, 0.1) is 5.69 Å². The Hall–Kier alpha value is -1.09. The standard InChI is InChI=1S/C16H27FN2/c1-4-14(5-2)13-19(6-3)12-11-18-16-10-8-7-9-15(16)17/h7-10,14,18H,4-6,11-13H2,1-3H3. The van der Waals surface area contributed by atoms with E-state index in [4.69, 9.17) is 0 Å². The van der Waals surface area contributed by atoms with E-state index in [0.29, 0.717) is 5.69 Å². The monoisotopic (exact) mass is 266 g/mol. The van der Waals surface area contributed by atoms with Crippen LogP contribution in [0.1, 0.15) is 33.6 Å². The van der Waals surface area contributed by atoms with E-state index >= 15 is 0 Å². The van der Waals surface area contributed by atoms with Gasteiger partial charge in [0.15, 0.2) is 0 Å². The summed E-state index contributed by atoms with van der Waals surface area (Å²) in [6.07, 6.45) is 2.46. The zero-order valence-corrected chi connectivity index (χ0v) is 12.5. The molecule has 0 amide bonds. The van der Waals surface area contributed by atoms with Crippen LogP contribution in [-0.2, 0) is 0 Å². The zero-order chi connectivity index (χ0) is 14.1. The fourth-order valence-electron chi connectivity index (χ4n) is 2.24. The molecule has 2 nitrogen and oxygen atoms in total. The third-order valence-corrected chi connectivity index (χ3v) is 3.74. The van der Waals surface area contributed by atoms with Crippen molar-refractivity contribution in [3.05, 3.63) is 30.1 Å². The quantitative estimate of drug-likeness (QED) is 0.727. The van der Waals surface area contributed by atoms with E-state index < -0.39 is 0 Å². The number of benzene rings is 1. The fraction of sp³-hybridized carbons (Fsp3) is 0.625. The number of nitrogens with zero attached hydrogens (tertiary/aromatic N) is 1. The molecule has 0 radical (unpaired) electrons. The predicted molar refractivity (Wildman–Crippen MR) is 81.1 cm³/mol. The third kappa shape index (κ3) is 5.60. The molecule has 0 aliphatic carbocycles. The first kappa shape index (κ1) is 16.0. The van der Waals surface area contributed by atoms with Crippen molar-refractivity contribution in [2.75, 3.05) is 31.5 Å². The van der Waals surface area contributed by atoms with Crippen molar-refractivity contribution in [1.29, 1.82) is 0 Å². The second-order valence-corrected chi connectivity index (χ2v) is 4.98. The molecule has 0 spiro atoms. The van der Waals surface area contributed by atoms with E-state index in [0.717, 1.165) is 32.1 Å². The molecule has 0 fully saturated rings. The molecule has 0 bridgehead atoms. The Kier molecular flexibility index (Phi) is 7.49. The van der Waals surface area contributed by atoms with Crippen molar-refractivity contribution in [3.8, 4) is 0 Å². The second kappa shape index (κ2) is 8.92. The summed E-state index contributed by atoms with van der Waals surface area (Å²) in [6, 6.07) is 6.84. The van der Waals surface area contributed by atoms with Crippen LogP contribution in [0, 0.1) is 11.7 Å². The van der Waals surface area contributed by atoms with Crippen LogP contribution in [0.4, 0.5) is 10.1 Å². The van der Waals surface area contributed by atoms with Gasteiger partial charge in [0, 0.05) is 19.6 Å². The normalized spacial score (nSPS) is 11.3. The van der Waals surface area contributed by atoms with Crippen LogP contribution in [0.25, 0.3) is 0 Å². The highest BCUT2D eigenvalue weighted by Crippen LogP contribution is 2.12. The van der Waals surface area contributed by atoms with Crippen LogP contribution < -0.4 is 5.32 Å². The lowest BCUT2D eigenvalue weighted by Gasteiger charge is -2.25. The van der Waals surface area contributed by atoms with Gasteiger partial charge in [0.1, 0.15) is 5.82 Å². The average Bonchev–Trinajstić information content (AvgIpc) is 2.44. The van der Waals surface area contributed by atoms with Crippen molar-refractivity contribution in [2.45, 2.75) is 33.6 Å². The third-order valence-electron chi connectivity index (χ3n) is 3.74. The lowest BCUT2D eigenvalue weighted by Crippen LogP contribution is -2.33. The van der Waals surface area contributed by atoms with E-state index in [9.17, 15) is 4.39 Å². The van der Waals surface area contributed by atoms with Crippen LogP contribution in [0.3, 0.4) is 0 Å². The van der Waals surface area contributed by atoms with Crippen LogP contribution in [0.5, 0.6) is 0 Å². The van der Waals surface area contributed by atoms with Crippen LogP contribution >= 0.6 is 0 Å². The highest BCUT2D eigenvalue weighted by atomic mass is 19.1. The SMILES string of the molecule is CCC(CC)CN(CC)CCNc1ccccc1F. The van der Waals surface area contributed by atoms with Crippen LogP contribution in [0.2, 0.25) is 0 Å². The first-order chi connectivity index (χ1) is 9.21.